The molecule has 0 unspecified atom stereocenters. The van der Waals surface area contributed by atoms with Gasteiger partial charge in [0.15, 0.2) is 0 Å². The first-order valence-corrected chi connectivity index (χ1v) is 13.5. The van der Waals surface area contributed by atoms with Gasteiger partial charge in [-0.3, -0.25) is 4.79 Å². The van der Waals surface area contributed by atoms with E-state index in [4.69, 9.17) is 9.47 Å². The molecule has 0 radical (unpaired) electrons. The summed E-state index contributed by atoms with van der Waals surface area (Å²) in [5.41, 5.74) is -2.10. The van der Waals surface area contributed by atoms with E-state index in [2.05, 4.69) is 15.4 Å². The topological polar surface area (TPSA) is 54.0 Å². The number of alkyl halides is 6. The van der Waals surface area contributed by atoms with Crippen molar-refractivity contribution in [3.05, 3.63) is 64.2 Å². The molecule has 1 atom stereocenters. The number of aryl methyl sites for hydroxylation is 2. The van der Waals surface area contributed by atoms with Gasteiger partial charge in [-0.15, -0.1) is 0 Å². The number of cyclic esters (lactones) is 1. The molecule has 0 amide bonds. The van der Waals surface area contributed by atoms with Crippen LogP contribution in [-0.2, 0) is 24.4 Å². The molecule has 2 aromatic carbocycles. The van der Waals surface area contributed by atoms with Crippen molar-refractivity contribution < 1.29 is 50.1 Å². The Balaban J connectivity index is 1.96. The van der Waals surface area contributed by atoms with E-state index in [0.717, 1.165) is 23.8 Å². The van der Waals surface area contributed by atoms with Gasteiger partial charge in [0.25, 0.3) is 0 Å². The second kappa shape index (κ2) is 13.0. The minimum absolute atomic E-state index is 0.00582. The number of hydrogen-bond acceptors (Lipinski definition) is 5. The maximum atomic E-state index is 13.7. The molecule has 0 aliphatic carbocycles. The van der Waals surface area contributed by atoms with Crippen LogP contribution in [0.25, 0.3) is 0 Å². The van der Waals surface area contributed by atoms with E-state index in [-0.39, 0.29) is 24.2 Å². The minimum Gasteiger partial charge on any atom is -0.489 e. The number of esters is 1. The van der Waals surface area contributed by atoms with E-state index in [1.54, 1.807) is 19.1 Å². The second-order valence-corrected chi connectivity index (χ2v) is 10.2. The van der Waals surface area contributed by atoms with Crippen molar-refractivity contribution in [1.82, 2.24) is 0 Å². The Morgan fingerprint density at radius 2 is 1.52 bits per heavy atom. The molecular formula is C31H34F6O5. The molecule has 230 valence electrons. The molecule has 1 aliphatic heterocycles. The first-order chi connectivity index (χ1) is 19.6. The van der Waals surface area contributed by atoms with Crippen molar-refractivity contribution >= 4 is 5.97 Å². The predicted octanol–water partition coefficient (Wildman–Crippen LogP) is 7.33. The van der Waals surface area contributed by atoms with E-state index in [1.807, 2.05) is 39.0 Å². The first kappa shape index (κ1) is 33.3. The van der Waals surface area contributed by atoms with Gasteiger partial charge < -0.3 is 18.9 Å². The SMILES string of the molecule is CCC(CC)(c1ccc(C#CC(OCOC)(C(F)(F)F)C(F)(F)F)c(C)c1)c1ccc(OC[C@H]2CCC(=O)O2)c(C)c1. The lowest BCUT2D eigenvalue weighted by molar-refractivity contribution is -0.368. The number of carbonyl (C=O) groups excluding carboxylic acids is 1. The van der Waals surface area contributed by atoms with Crippen LogP contribution in [0.15, 0.2) is 36.4 Å². The quantitative estimate of drug-likeness (QED) is 0.124. The summed E-state index contributed by atoms with van der Waals surface area (Å²) in [7, 11) is 0.915. The van der Waals surface area contributed by atoms with Crippen LogP contribution in [0.3, 0.4) is 0 Å². The van der Waals surface area contributed by atoms with Crippen LogP contribution < -0.4 is 4.74 Å². The molecule has 0 aromatic heterocycles. The van der Waals surface area contributed by atoms with Gasteiger partial charge in [-0.05, 0) is 73.4 Å². The van der Waals surface area contributed by atoms with E-state index >= 15 is 0 Å². The summed E-state index contributed by atoms with van der Waals surface area (Å²) >= 11 is 0. The highest BCUT2D eigenvalue weighted by molar-refractivity contribution is 5.71. The Morgan fingerprint density at radius 3 is 2.00 bits per heavy atom. The summed E-state index contributed by atoms with van der Waals surface area (Å²) in [6.07, 6.45) is -9.69. The highest BCUT2D eigenvalue weighted by atomic mass is 19.4. The maximum absolute atomic E-state index is 13.7. The van der Waals surface area contributed by atoms with Gasteiger partial charge in [-0.1, -0.05) is 44.0 Å². The molecule has 42 heavy (non-hydrogen) atoms. The van der Waals surface area contributed by atoms with Crippen LogP contribution in [0.1, 0.15) is 67.3 Å². The number of carbonyl (C=O) groups is 1. The third-order valence-electron chi connectivity index (χ3n) is 7.67. The monoisotopic (exact) mass is 600 g/mol. The van der Waals surface area contributed by atoms with E-state index in [0.29, 0.717) is 37.0 Å². The van der Waals surface area contributed by atoms with E-state index in [1.165, 1.54) is 12.0 Å². The smallest absolute Gasteiger partial charge is 0.438 e. The average Bonchev–Trinajstić information content (AvgIpc) is 3.33. The number of methoxy groups -OCH3 is 1. The standard InChI is InChI=1S/C31H34F6O5/c1-6-28(7-2,24-10-12-26(21(4)17-24)40-18-25-11-13-27(38)42-25)23-9-8-22(20(3)16-23)14-15-29(30(32,33)34,31(35,36)37)41-19-39-5/h8-10,12,16-17,25H,6-7,11,13,18-19H2,1-5H3/t25-/m1/s1. The second-order valence-electron chi connectivity index (χ2n) is 10.2. The number of halogens is 6. The average molecular weight is 601 g/mol. The first-order valence-electron chi connectivity index (χ1n) is 13.5. The molecule has 2 aromatic rings. The Kier molecular flexibility index (Phi) is 10.3. The summed E-state index contributed by atoms with van der Waals surface area (Å²) in [6.45, 7) is 6.50. The number of ether oxygens (including phenoxy) is 4. The van der Waals surface area contributed by atoms with Crippen molar-refractivity contribution in [2.45, 2.75) is 82.9 Å². The fraction of sp³-hybridized carbons (Fsp3) is 0.516. The Labute approximate surface area is 241 Å². The number of rotatable bonds is 10. The molecule has 0 spiro atoms. The molecular weight excluding hydrogens is 566 g/mol. The normalized spacial score (nSPS) is 16.2. The molecule has 0 saturated carbocycles. The third-order valence-corrected chi connectivity index (χ3v) is 7.67. The van der Waals surface area contributed by atoms with Crippen LogP contribution >= 0.6 is 0 Å². The van der Waals surface area contributed by atoms with Gasteiger partial charge >= 0.3 is 23.9 Å². The highest BCUT2D eigenvalue weighted by Crippen LogP contribution is 2.46. The molecule has 3 rings (SSSR count). The molecule has 1 aliphatic rings. The lowest BCUT2D eigenvalue weighted by Gasteiger charge is -2.34. The Morgan fingerprint density at radius 1 is 0.929 bits per heavy atom. The largest absolute Gasteiger partial charge is 0.489 e. The van der Waals surface area contributed by atoms with Crippen LogP contribution in [0.4, 0.5) is 26.3 Å². The van der Waals surface area contributed by atoms with E-state index < -0.39 is 30.2 Å². The van der Waals surface area contributed by atoms with Crippen LogP contribution in [0.2, 0.25) is 0 Å². The minimum atomic E-state index is -5.86. The molecule has 1 fully saturated rings. The van der Waals surface area contributed by atoms with Gasteiger partial charge in [0.05, 0.1) is 0 Å². The molecule has 1 saturated heterocycles. The Hall–Kier alpha value is -3.23. The van der Waals surface area contributed by atoms with Gasteiger partial charge in [0.1, 0.15) is 25.3 Å². The van der Waals surface area contributed by atoms with Gasteiger partial charge in [-0.2, -0.15) is 26.3 Å². The van der Waals surface area contributed by atoms with E-state index in [9.17, 15) is 31.1 Å². The van der Waals surface area contributed by atoms with Crippen molar-refractivity contribution in [2.75, 3.05) is 20.5 Å². The van der Waals surface area contributed by atoms with Crippen molar-refractivity contribution in [2.24, 2.45) is 0 Å². The van der Waals surface area contributed by atoms with Gasteiger partial charge in [0, 0.05) is 24.5 Å². The Bertz CT molecular complexity index is 1300. The maximum Gasteiger partial charge on any atom is 0.438 e. The van der Waals surface area contributed by atoms with Crippen molar-refractivity contribution in [1.29, 1.82) is 0 Å². The fourth-order valence-electron chi connectivity index (χ4n) is 5.13. The predicted molar refractivity (Wildman–Crippen MR) is 143 cm³/mol. The molecule has 1 heterocycles. The summed E-state index contributed by atoms with van der Waals surface area (Å²) in [5.74, 6) is 3.81. The fourth-order valence-corrected chi connectivity index (χ4v) is 5.13. The van der Waals surface area contributed by atoms with Crippen LogP contribution in [-0.4, -0.2) is 50.5 Å². The summed E-state index contributed by atoms with van der Waals surface area (Å²) < 4.78 is 102. The lowest BCUT2D eigenvalue weighted by Crippen LogP contribution is -2.58. The van der Waals surface area contributed by atoms with Gasteiger partial charge in [-0.25, -0.2) is 0 Å². The zero-order valence-corrected chi connectivity index (χ0v) is 24.1. The van der Waals surface area contributed by atoms with Gasteiger partial charge in [0.2, 0.25) is 0 Å². The van der Waals surface area contributed by atoms with Crippen molar-refractivity contribution in [3.63, 3.8) is 0 Å². The van der Waals surface area contributed by atoms with Crippen LogP contribution in [0.5, 0.6) is 5.75 Å². The number of benzene rings is 2. The molecule has 0 N–H and O–H groups in total. The van der Waals surface area contributed by atoms with Crippen LogP contribution in [0, 0.1) is 25.7 Å². The summed E-state index contributed by atoms with van der Waals surface area (Å²) in [6, 6.07) is 10.6. The summed E-state index contributed by atoms with van der Waals surface area (Å²) in [4.78, 5) is 11.3. The molecule has 5 nitrogen and oxygen atoms in total. The number of hydrogen-bond donors (Lipinski definition) is 0. The highest BCUT2D eigenvalue weighted by Gasteiger charge is 2.72. The third kappa shape index (κ3) is 6.70. The summed E-state index contributed by atoms with van der Waals surface area (Å²) in [5, 5.41) is 0. The molecule has 11 heteroatoms. The van der Waals surface area contributed by atoms with Crippen molar-refractivity contribution in [3.8, 4) is 17.6 Å². The zero-order valence-electron chi connectivity index (χ0n) is 24.1. The molecule has 0 bridgehead atoms. The zero-order chi connectivity index (χ0) is 31.3. The lowest BCUT2D eigenvalue weighted by atomic mass is 9.70.